The van der Waals surface area contributed by atoms with E-state index >= 15 is 0 Å². The van der Waals surface area contributed by atoms with Crippen molar-refractivity contribution in [2.24, 2.45) is 0 Å². The smallest absolute Gasteiger partial charge is 0.240 e. The summed E-state index contributed by atoms with van der Waals surface area (Å²) in [5, 5.41) is 4.24. The Morgan fingerprint density at radius 3 is 2.36 bits per heavy atom. The van der Waals surface area contributed by atoms with Gasteiger partial charge in [-0.2, -0.15) is 11.8 Å². The quantitative estimate of drug-likeness (QED) is 0.537. The number of carbonyl (C=O) groups excluding carboxylic acids is 1. The lowest BCUT2D eigenvalue weighted by molar-refractivity contribution is -0.119. The first-order valence-electron chi connectivity index (χ1n) is 8.18. The molecule has 0 aliphatic heterocycles. The number of benzene rings is 2. The van der Waals surface area contributed by atoms with E-state index in [1.807, 2.05) is 12.1 Å². The molecule has 0 aromatic heterocycles. The molecule has 0 heterocycles. The van der Waals surface area contributed by atoms with E-state index in [9.17, 15) is 13.2 Å². The van der Waals surface area contributed by atoms with Crippen LogP contribution in [0.4, 0.5) is 5.69 Å². The van der Waals surface area contributed by atoms with E-state index in [1.165, 1.54) is 0 Å². The molecule has 28 heavy (non-hydrogen) atoms. The zero-order chi connectivity index (χ0) is 20.7. The van der Waals surface area contributed by atoms with E-state index in [1.54, 1.807) is 42.1 Å². The van der Waals surface area contributed by atoms with E-state index < -0.39 is 10.0 Å². The maximum Gasteiger partial charge on any atom is 0.240 e. The van der Waals surface area contributed by atoms with E-state index in [0.717, 1.165) is 21.9 Å². The Bertz CT molecular complexity index is 922. The second-order valence-electron chi connectivity index (χ2n) is 5.90. The van der Waals surface area contributed by atoms with Crippen molar-refractivity contribution in [3.63, 3.8) is 0 Å². The number of nitrogens with one attached hydrogen (secondary N) is 1. The normalized spacial score (nSPS) is 11.3. The molecule has 0 saturated carbocycles. The number of sulfonamides is 1. The molecule has 0 spiro atoms. The summed E-state index contributed by atoms with van der Waals surface area (Å²) in [6.45, 7) is 0.126. The second kappa shape index (κ2) is 10.6. The summed E-state index contributed by atoms with van der Waals surface area (Å²) in [7, 11) is -3.60. The first-order chi connectivity index (χ1) is 13.2. The number of carbonyl (C=O) groups is 1. The van der Waals surface area contributed by atoms with Gasteiger partial charge in [0.15, 0.2) is 0 Å². The number of anilines is 1. The van der Waals surface area contributed by atoms with Crippen molar-refractivity contribution in [1.29, 1.82) is 0 Å². The van der Waals surface area contributed by atoms with Crippen LogP contribution in [0, 0.1) is 0 Å². The van der Waals surface area contributed by atoms with Crippen LogP contribution < -0.4 is 9.62 Å². The summed E-state index contributed by atoms with van der Waals surface area (Å²) in [6, 6.07) is 11.7. The number of nitrogens with zero attached hydrogens (tertiary/aromatic N) is 1. The maximum atomic E-state index is 12.2. The van der Waals surface area contributed by atoms with Crippen molar-refractivity contribution < 1.29 is 13.2 Å². The summed E-state index contributed by atoms with van der Waals surface area (Å²) in [6.07, 6.45) is 1.06. The predicted molar refractivity (Wildman–Crippen MR) is 119 cm³/mol. The molecule has 152 valence electrons. The van der Waals surface area contributed by atoms with Crippen LogP contribution in [0.5, 0.6) is 0 Å². The molecular formula is C18H19Cl3N2O3S2. The van der Waals surface area contributed by atoms with Gasteiger partial charge in [0, 0.05) is 23.1 Å². The van der Waals surface area contributed by atoms with Gasteiger partial charge in [0.05, 0.1) is 22.0 Å². The molecule has 10 heteroatoms. The van der Waals surface area contributed by atoms with Crippen molar-refractivity contribution in [3.8, 4) is 0 Å². The van der Waals surface area contributed by atoms with Gasteiger partial charge in [0.1, 0.15) is 6.54 Å². The molecule has 0 radical (unpaired) electrons. The Hall–Kier alpha value is -1.12. The van der Waals surface area contributed by atoms with Crippen molar-refractivity contribution in [2.75, 3.05) is 29.4 Å². The van der Waals surface area contributed by atoms with Crippen molar-refractivity contribution in [1.82, 2.24) is 5.32 Å². The first-order valence-corrected chi connectivity index (χ1v) is 12.3. The van der Waals surface area contributed by atoms with E-state index in [-0.39, 0.29) is 12.5 Å². The average Bonchev–Trinajstić information content (AvgIpc) is 2.62. The minimum atomic E-state index is -3.60. The summed E-state index contributed by atoms with van der Waals surface area (Å²) in [5.74, 6) is 1.02. The standard InChI is InChI=1S/C18H19Cl3N2O3S2/c1-28(25,26)23(15-5-3-14(19)4-6-15)11-18(24)22-8-9-27-12-13-2-7-16(20)17(21)10-13/h2-7,10H,8-9,11-12H2,1H3,(H,22,24). The van der Waals surface area contributed by atoms with Gasteiger partial charge in [-0.3, -0.25) is 9.10 Å². The zero-order valence-electron chi connectivity index (χ0n) is 15.0. The van der Waals surface area contributed by atoms with Gasteiger partial charge in [-0.15, -0.1) is 0 Å². The summed E-state index contributed by atoms with van der Waals surface area (Å²) >= 11 is 19.3. The minimum absolute atomic E-state index is 0.294. The molecule has 0 saturated heterocycles. The lowest BCUT2D eigenvalue weighted by atomic mass is 10.2. The minimum Gasteiger partial charge on any atom is -0.354 e. The van der Waals surface area contributed by atoms with Gasteiger partial charge in [0.25, 0.3) is 0 Å². The highest BCUT2D eigenvalue weighted by Gasteiger charge is 2.20. The van der Waals surface area contributed by atoms with Crippen molar-refractivity contribution in [2.45, 2.75) is 5.75 Å². The highest BCUT2D eigenvalue weighted by Crippen LogP contribution is 2.24. The zero-order valence-corrected chi connectivity index (χ0v) is 18.9. The van der Waals surface area contributed by atoms with Crippen LogP contribution in [0.2, 0.25) is 15.1 Å². The fraction of sp³-hybridized carbons (Fsp3) is 0.278. The van der Waals surface area contributed by atoms with Gasteiger partial charge in [-0.05, 0) is 42.0 Å². The van der Waals surface area contributed by atoms with E-state index in [2.05, 4.69) is 5.32 Å². The van der Waals surface area contributed by atoms with Gasteiger partial charge in [-0.1, -0.05) is 40.9 Å². The lowest BCUT2D eigenvalue weighted by Crippen LogP contribution is -2.41. The SMILES string of the molecule is CS(=O)(=O)N(CC(=O)NCCSCc1ccc(Cl)c(Cl)c1)c1ccc(Cl)cc1. The number of hydrogen-bond acceptors (Lipinski definition) is 4. The van der Waals surface area contributed by atoms with Crippen LogP contribution in [-0.4, -0.2) is 39.4 Å². The topological polar surface area (TPSA) is 66.5 Å². The van der Waals surface area contributed by atoms with E-state index in [4.69, 9.17) is 34.8 Å². The molecular weight excluding hydrogens is 463 g/mol. The molecule has 0 aliphatic carbocycles. The van der Waals surface area contributed by atoms with Gasteiger partial charge in [0.2, 0.25) is 15.9 Å². The maximum absolute atomic E-state index is 12.2. The fourth-order valence-corrected chi connectivity index (χ4v) is 4.38. The largest absolute Gasteiger partial charge is 0.354 e. The van der Waals surface area contributed by atoms with Gasteiger partial charge in [-0.25, -0.2) is 8.42 Å². The van der Waals surface area contributed by atoms with Crippen LogP contribution in [0.25, 0.3) is 0 Å². The Kier molecular flexibility index (Phi) is 8.77. The lowest BCUT2D eigenvalue weighted by Gasteiger charge is -2.21. The van der Waals surface area contributed by atoms with Crippen LogP contribution >= 0.6 is 46.6 Å². The number of amides is 1. The van der Waals surface area contributed by atoms with Crippen LogP contribution in [0.3, 0.4) is 0 Å². The van der Waals surface area contributed by atoms with Crippen LogP contribution in [0.15, 0.2) is 42.5 Å². The molecule has 0 unspecified atom stereocenters. The molecule has 0 aliphatic rings. The second-order valence-corrected chi connectivity index (χ2v) is 10.2. The molecule has 5 nitrogen and oxygen atoms in total. The van der Waals surface area contributed by atoms with Gasteiger partial charge >= 0.3 is 0 Å². The first kappa shape index (κ1) is 23.2. The monoisotopic (exact) mass is 480 g/mol. The predicted octanol–water partition coefficient (Wildman–Crippen LogP) is 4.46. The third-order valence-corrected chi connectivity index (χ3v) is 6.79. The Labute approximate surface area is 184 Å². The van der Waals surface area contributed by atoms with Gasteiger partial charge < -0.3 is 5.32 Å². The highest BCUT2D eigenvalue weighted by molar-refractivity contribution is 7.98. The number of hydrogen-bond donors (Lipinski definition) is 1. The highest BCUT2D eigenvalue weighted by atomic mass is 35.5. The Morgan fingerprint density at radius 2 is 1.75 bits per heavy atom. The Morgan fingerprint density at radius 1 is 1.07 bits per heavy atom. The van der Waals surface area contributed by atoms with E-state index in [0.29, 0.717) is 33.1 Å². The molecule has 0 bridgehead atoms. The van der Waals surface area contributed by atoms with Crippen LogP contribution in [-0.2, 0) is 20.6 Å². The third-order valence-electron chi connectivity index (χ3n) is 3.62. The number of halogens is 3. The molecule has 2 rings (SSSR count). The molecule has 0 fully saturated rings. The number of rotatable bonds is 9. The molecule has 2 aromatic carbocycles. The van der Waals surface area contributed by atoms with Crippen molar-refractivity contribution in [3.05, 3.63) is 63.1 Å². The third kappa shape index (κ3) is 7.37. The molecule has 1 N–H and O–H groups in total. The average molecular weight is 482 g/mol. The summed E-state index contributed by atoms with van der Waals surface area (Å²) < 4.78 is 25.1. The summed E-state index contributed by atoms with van der Waals surface area (Å²) in [4.78, 5) is 12.2. The number of thioether (sulfide) groups is 1. The molecule has 1 amide bonds. The van der Waals surface area contributed by atoms with Crippen molar-refractivity contribution >= 4 is 68.2 Å². The summed E-state index contributed by atoms with van der Waals surface area (Å²) in [5.41, 5.74) is 1.42. The molecule has 0 atom stereocenters. The van der Waals surface area contributed by atoms with Crippen LogP contribution in [0.1, 0.15) is 5.56 Å². The molecule has 2 aromatic rings. The Balaban J connectivity index is 1.81. The fourth-order valence-electron chi connectivity index (χ4n) is 2.28.